The Morgan fingerprint density at radius 1 is 1.52 bits per heavy atom. The predicted octanol–water partition coefficient (Wildman–Crippen LogP) is 1.19. The van der Waals surface area contributed by atoms with Crippen LogP contribution in [0.15, 0.2) is 24.3 Å². The van der Waals surface area contributed by atoms with Crippen LogP contribution in [0.25, 0.3) is 0 Å². The molecule has 21 heavy (non-hydrogen) atoms. The van der Waals surface area contributed by atoms with Crippen LogP contribution in [0.2, 0.25) is 0 Å². The molecule has 0 aromatic heterocycles. The van der Waals surface area contributed by atoms with Crippen LogP contribution in [0.1, 0.15) is 13.3 Å². The molecular formula is C16H18N2O3. The molecule has 5 heteroatoms. The molecule has 0 spiro atoms. The van der Waals surface area contributed by atoms with Gasteiger partial charge in [0, 0.05) is 13.0 Å². The van der Waals surface area contributed by atoms with Gasteiger partial charge < -0.3 is 15.0 Å². The lowest BCUT2D eigenvalue weighted by atomic mass is 10.1. The summed E-state index contributed by atoms with van der Waals surface area (Å²) in [4.78, 5) is 25.7. The van der Waals surface area contributed by atoms with Crippen molar-refractivity contribution in [1.82, 2.24) is 5.32 Å². The van der Waals surface area contributed by atoms with Gasteiger partial charge in [0.25, 0.3) is 0 Å². The fourth-order valence-electron chi connectivity index (χ4n) is 2.36. The summed E-state index contributed by atoms with van der Waals surface area (Å²) in [6.07, 6.45) is 5.31. The van der Waals surface area contributed by atoms with E-state index in [-0.39, 0.29) is 30.7 Å². The summed E-state index contributed by atoms with van der Waals surface area (Å²) in [6.45, 7) is 2.93. The molecule has 1 saturated heterocycles. The highest BCUT2D eigenvalue weighted by Crippen LogP contribution is 2.32. The molecular weight excluding hydrogens is 268 g/mol. The summed E-state index contributed by atoms with van der Waals surface area (Å²) in [5, 5.41) is 2.62. The molecule has 1 atom stereocenters. The van der Waals surface area contributed by atoms with Crippen molar-refractivity contribution in [2.45, 2.75) is 13.3 Å². The number of anilines is 1. The van der Waals surface area contributed by atoms with E-state index in [1.807, 2.05) is 31.2 Å². The number of nitrogens with one attached hydrogen (secondary N) is 1. The van der Waals surface area contributed by atoms with Gasteiger partial charge in [0.2, 0.25) is 11.8 Å². The fourth-order valence-corrected chi connectivity index (χ4v) is 2.36. The van der Waals surface area contributed by atoms with Gasteiger partial charge in [-0.05, 0) is 19.1 Å². The van der Waals surface area contributed by atoms with Crippen molar-refractivity contribution in [1.29, 1.82) is 0 Å². The van der Waals surface area contributed by atoms with E-state index in [9.17, 15) is 9.59 Å². The number of hydrogen-bond acceptors (Lipinski definition) is 3. The molecule has 110 valence electrons. The Morgan fingerprint density at radius 2 is 2.29 bits per heavy atom. The minimum absolute atomic E-state index is 0.0805. The van der Waals surface area contributed by atoms with E-state index in [2.05, 4.69) is 11.2 Å². The zero-order chi connectivity index (χ0) is 15.2. The first kappa shape index (κ1) is 14.9. The maximum atomic E-state index is 12.2. The van der Waals surface area contributed by atoms with Crippen molar-refractivity contribution < 1.29 is 14.3 Å². The maximum Gasteiger partial charge on any atom is 0.227 e. The predicted molar refractivity (Wildman–Crippen MR) is 79.9 cm³/mol. The van der Waals surface area contributed by atoms with E-state index in [4.69, 9.17) is 11.2 Å². The summed E-state index contributed by atoms with van der Waals surface area (Å²) in [5.74, 6) is 2.36. The minimum Gasteiger partial charge on any atom is -0.492 e. The van der Waals surface area contributed by atoms with Gasteiger partial charge in [-0.2, -0.15) is 0 Å². The van der Waals surface area contributed by atoms with Crippen molar-refractivity contribution in [2.24, 2.45) is 5.92 Å². The molecule has 0 radical (unpaired) electrons. The summed E-state index contributed by atoms with van der Waals surface area (Å²) in [6, 6.07) is 7.34. The van der Waals surface area contributed by atoms with E-state index < -0.39 is 0 Å². The minimum atomic E-state index is -0.375. The molecule has 1 heterocycles. The van der Waals surface area contributed by atoms with Crippen LogP contribution in [0.3, 0.4) is 0 Å². The maximum absolute atomic E-state index is 12.2. The molecule has 1 unspecified atom stereocenters. The zero-order valence-electron chi connectivity index (χ0n) is 12.0. The second-order valence-electron chi connectivity index (χ2n) is 4.73. The third kappa shape index (κ3) is 3.34. The van der Waals surface area contributed by atoms with E-state index in [1.165, 1.54) is 0 Å². The quantitative estimate of drug-likeness (QED) is 0.827. The molecule has 1 aliphatic heterocycles. The average molecular weight is 286 g/mol. The second-order valence-corrected chi connectivity index (χ2v) is 4.73. The molecule has 2 rings (SSSR count). The highest BCUT2D eigenvalue weighted by molar-refractivity contribution is 6.01. The van der Waals surface area contributed by atoms with Crippen LogP contribution in [0.5, 0.6) is 5.75 Å². The Hall–Kier alpha value is -2.48. The number of nitrogens with zero attached hydrogens (tertiary/aromatic N) is 1. The number of hydrogen-bond donors (Lipinski definition) is 1. The van der Waals surface area contributed by atoms with E-state index in [1.54, 1.807) is 4.90 Å². The Labute approximate surface area is 124 Å². The van der Waals surface area contributed by atoms with Crippen LogP contribution in [-0.4, -0.2) is 31.5 Å². The highest BCUT2D eigenvalue weighted by atomic mass is 16.5. The number of benzene rings is 1. The molecule has 1 aliphatic rings. The molecule has 5 nitrogen and oxygen atoms in total. The zero-order valence-corrected chi connectivity index (χ0v) is 12.0. The normalized spacial score (nSPS) is 17.4. The van der Waals surface area contributed by atoms with Gasteiger partial charge in [0.15, 0.2) is 0 Å². The van der Waals surface area contributed by atoms with E-state index in [0.29, 0.717) is 24.6 Å². The molecule has 0 bridgehead atoms. The summed E-state index contributed by atoms with van der Waals surface area (Å²) in [7, 11) is 0. The second kappa shape index (κ2) is 6.80. The van der Waals surface area contributed by atoms with Crippen molar-refractivity contribution >= 4 is 17.5 Å². The van der Waals surface area contributed by atoms with E-state index in [0.717, 1.165) is 0 Å². The smallest absolute Gasteiger partial charge is 0.227 e. The Bertz CT molecular complexity index is 577. The fraction of sp³-hybridized carbons (Fsp3) is 0.375. The SMILES string of the molecule is C#CCNC(=O)C1CC(=O)N(c2ccccc2OCC)C1. The Balaban J connectivity index is 2.14. The first-order chi connectivity index (χ1) is 10.2. The van der Waals surface area contributed by atoms with E-state index >= 15 is 0 Å². The number of carbonyl (C=O) groups excluding carboxylic acids is 2. The Morgan fingerprint density at radius 3 is 3.00 bits per heavy atom. The molecule has 1 fully saturated rings. The lowest BCUT2D eigenvalue weighted by Crippen LogP contribution is -2.33. The van der Waals surface area contributed by atoms with Gasteiger partial charge in [-0.1, -0.05) is 18.1 Å². The average Bonchev–Trinajstić information content (AvgIpc) is 2.87. The number of ether oxygens (including phenoxy) is 1. The number of amides is 2. The number of para-hydroxylation sites is 2. The molecule has 1 N–H and O–H groups in total. The molecule has 0 aliphatic carbocycles. The van der Waals surface area contributed by atoms with Gasteiger partial charge in [-0.15, -0.1) is 6.42 Å². The molecule has 1 aromatic rings. The van der Waals surface area contributed by atoms with Crippen molar-refractivity contribution in [3.63, 3.8) is 0 Å². The van der Waals surface area contributed by atoms with Gasteiger partial charge in [0.1, 0.15) is 5.75 Å². The standard InChI is InChI=1S/C16H18N2O3/c1-3-9-17-16(20)12-10-15(19)18(11-12)13-7-5-6-8-14(13)21-4-2/h1,5-8,12H,4,9-11H2,2H3,(H,17,20). The first-order valence-electron chi connectivity index (χ1n) is 6.90. The van der Waals surface area contributed by atoms with Gasteiger partial charge >= 0.3 is 0 Å². The van der Waals surface area contributed by atoms with Crippen LogP contribution < -0.4 is 15.0 Å². The van der Waals surface area contributed by atoms with Crippen LogP contribution in [0.4, 0.5) is 5.69 Å². The lowest BCUT2D eigenvalue weighted by molar-refractivity contribution is -0.126. The monoisotopic (exact) mass is 286 g/mol. The Kier molecular flexibility index (Phi) is 4.83. The number of terminal acetylenes is 1. The summed E-state index contributed by atoms with van der Waals surface area (Å²) in [5.41, 5.74) is 0.705. The number of rotatable bonds is 5. The van der Waals surface area contributed by atoms with Gasteiger partial charge in [0.05, 0.1) is 24.8 Å². The topological polar surface area (TPSA) is 58.6 Å². The number of carbonyl (C=O) groups is 2. The molecule has 2 amide bonds. The first-order valence-corrected chi connectivity index (χ1v) is 6.90. The third-order valence-corrected chi connectivity index (χ3v) is 3.32. The van der Waals surface area contributed by atoms with Crippen molar-refractivity contribution in [3.05, 3.63) is 24.3 Å². The van der Waals surface area contributed by atoms with Crippen LogP contribution in [0, 0.1) is 18.3 Å². The largest absolute Gasteiger partial charge is 0.492 e. The highest BCUT2D eigenvalue weighted by Gasteiger charge is 2.35. The van der Waals surface area contributed by atoms with Crippen molar-refractivity contribution in [3.8, 4) is 18.1 Å². The summed E-state index contributed by atoms with van der Waals surface area (Å²) >= 11 is 0. The molecule has 1 aromatic carbocycles. The van der Waals surface area contributed by atoms with Gasteiger partial charge in [-0.25, -0.2) is 0 Å². The van der Waals surface area contributed by atoms with Crippen LogP contribution >= 0.6 is 0 Å². The van der Waals surface area contributed by atoms with Gasteiger partial charge in [-0.3, -0.25) is 9.59 Å². The summed E-state index contributed by atoms with van der Waals surface area (Å²) < 4.78 is 5.54. The third-order valence-electron chi connectivity index (χ3n) is 3.32. The molecule has 0 saturated carbocycles. The van der Waals surface area contributed by atoms with Crippen LogP contribution in [-0.2, 0) is 9.59 Å². The lowest BCUT2D eigenvalue weighted by Gasteiger charge is -2.20. The van der Waals surface area contributed by atoms with Crippen molar-refractivity contribution in [2.75, 3.05) is 24.6 Å².